The van der Waals surface area contributed by atoms with Crippen molar-refractivity contribution in [3.05, 3.63) is 35.7 Å². The Kier molecular flexibility index (Phi) is 7.12. The molecule has 1 saturated carbocycles. The summed E-state index contributed by atoms with van der Waals surface area (Å²) in [5, 5.41) is 7.71. The van der Waals surface area contributed by atoms with Gasteiger partial charge in [0.1, 0.15) is 42.3 Å². The van der Waals surface area contributed by atoms with Crippen molar-refractivity contribution in [3.8, 4) is 0 Å². The molecule has 2 saturated heterocycles. The summed E-state index contributed by atoms with van der Waals surface area (Å²) in [5.41, 5.74) is 7.03. The van der Waals surface area contributed by atoms with Gasteiger partial charge in [0, 0.05) is 18.4 Å². The van der Waals surface area contributed by atoms with Crippen LogP contribution in [0.15, 0.2) is 30.1 Å². The Bertz CT molecular complexity index is 2100. The Morgan fingerprint density at radius 2 is 1.69 bits per heavy atom. The lowest BCUT2D eigenvalue weighted by Gasteiger charge is -2.45. The van der Waals surface area contributed by atoms with E-state index in [1.807, 2.05) is 0 Å². The van der Waals surface area contributed by atoms with Crippen LogP contribution in [0.3, 0.4) is 0 Å². The van der Waals surface area contributed by atoms with E-state index >= 15 is 0 Å². The highest BCUT2D eigenvalue weighted by atomic mass is 32.7. The highest BCUT2D eigenvalue weighted by Crippen LogP contribution is 2.60. The second-order valence-corrected chi connectivity index (χ2v) is 16.7. The van der Waals surface area contributed by atoms with Crippen molar-refractivity contribution in [2.45, 2.75) is 37.3 Å². The lowest BCUT2D eigenvalue weighted by Crippen LogP contribution is -2.43. The van der Waals surface area contributed by atoms with E-state index in [-0.39, 0.29) is 66.8 Å². The molecule has 0 aromatic carbocycles. The minimum Gasteiger partial charge on any atom is -0.382 e. The summed E-state index contributed by atoms with van der Waals surface area (Å²) in [6, 6.07) is -0.255. The van der Waals surface area contributed by atoms with Crippen LogP contribution < -0.4 is 11.3 Å². The van der Waals surface area contributed by atoms with Crippen LogP contribution in [-0.2, 0) is 32.0 Å². The van der Waals surface area contributed by atoms with Crippen LogP contribution in [0.25, 0.3) is 28.1 Å². The molecule has 238 valence electrons. The van der Waals surface area contributed by atoms with Gasteiger partial charge in [-0.2, -0.15) is 0 Å². The monoisotopic (exact) mass is 697 g/mol. The van der Waals surface area contributed by atoms with Crippen molar-refractivity contribution in [1.29, 1.82) is 0 Å². The zero-order chi connectivity index (χ0) is 31.1. The molecular weight excluding hydrogens is 672 g/mol. The number of rotatable bonds is 2. The third-order valence-corrected chi connectivity index (χ3v) is 11.7. The fraction of sp³-hybridized carbons (Fsp3) is 0.500. The van der Waals surface area contributed by atoms with E-state index in [4.69, 9.17) is 28.6 Å². The number of thiol groups is 2. The van der Waals surface area contributed by atoms with Gasteiger partial charge in [-0.25, -0.2) is 33.5 Å². The molecule has 3 aliphatic rings. The summed E-state index contributed by atoms with van der Waals surface area (Å²) in [4.78, 5) is 32.7. The number of nitrogens with zero attached hydrogens (tertiary/aromatic N) is 9. The molecule has 5 aromatic rings. The van der Waals surface area contributed by atoms with Crippen LogP contribution in [-0.4, -0.2) is 80.7 Å². The Morgan fingerprint density at radius 3 is 2.56 bits per heavy atom. The first-order valence-electron chi connectivity index (χ1n) is 13.7. The molecule has 19 nitrogen and oxygen atoms in total. The maximum absolute atomic E-state index is 13.5. The van der Waals surface area contributed by atoms with E-state index in [0.29, 0.717) is 23.2 Å². The van der Waals surface area contributed by atoms with E-state index in [0.717, 1.165) is 0 Å². The maximum Gasteiger partial charge on any atom is 0.386 e. The maximum atomic E-state index is 13.5. The summed E-state index contributed by atoms with van der Waals surface area (Å²) in [7, 11) is 0. The zero-order valence-electron chi connectivity index (χ0n) is 23.0. The summed E-state index contributed by atoms with van der Waals surface area (Å²) in [5.74, 6) is -0.0593. The number of nitrogen functional groups attached to an aromatic ring is 1. The molecule has 0 radical (unpaired) electrons. The van der Waals surface area contributed by atoms with Gasteiger partial charge in [0.15, 0.2) is 17.0 Å². The van der Waals surface area contributed by atoms with Gasteiger partial charge in [0.05, 0.1) is 32.5 Å². The fourth-order valence-corrected chi connectivity index (χ4v) is 8.85. The van der Waals surface area contributed by atoms with Crippen LogP contribution >= 0.6 is 38.1 Å². The number of anilines is 1. The molecule has 0 unspecified atom stereocenters. The Balaban J connectivity index is 1.04. The first kappa shape index (κ1) is 29.5. The van der Waals surface area contributed by atoms with Crippen LogP contribution in [0.2, 0.25) is 0 Å². The van der Waals surface area contributed by atoms with Gasteiger partial charge in [-0.05, 0) is 12.3 Å². The van der Waals surface area contributed by atoms with Gasteiger partial charge in [0.25, 0.3) is 5.56 Å². The molecule has 0 bridgehead atoms. The number of ether oxygens (including phenoxy) is 1. The minimum atomic E-state index is -3.92. The van der Waals surface area contributed by atoms with Crippen LogP contribution in [0, 0.1) is 11.8 Å². The number of hydrogen-bond donors (Lipinski definition) is 4. The normalized spacial score (nSPS) is 34.5. The first-order valence-corrected chi connectivity index (χ1v) is 19.1. The largest absolute Gasteiger partial charge is 0.386 e. The van der Waals surface area contributed by atoms with Crippen LogP contribution in [0.5, 0.6) is 0 Å². The molecular formula is C22H25N11O8P2S2. The van der Waals surface area contributed by atoms with E-state index < -0.39 is 32.0 Å². The van der Waals surface area contributed by atoms with Crippen molar-refractivity contribution in [3.63, 3.8) is 0 Å². The molecule has 7 heterocycles. The quantitative estimate of drug-likeness (QED) is 0.153. The molecule has 2 aliphatic heterocycles. The molecule has 3 fully saturated rings. The molecule has 1 aliphatic carbocycles. The Labute approximate surface area is 262 Å². The molecule has 23 heteroatoms. The highest BCUT2D eigenvalue weighted by molar-refractivity contribution is 8.44. The van der Waals surface area contributed by atoms with Crippen LogP contribution in [0.4, 0.5) is 5.82 Å². The SMILES string of the molecule is Nc1ncnc2c1ncn2[C@H]1C[C@@H]2O[P@@](=O)(S)OC[C@H]3C[C@@H](n4cnc5c(=O)n6cnnc6[nH]c54)[C@@H]3CO[P@@](=O)(S)OC[C@H]2O1. The van der Waals surface area contributed by atoms with Gasteiger partial charge in [-0.15, -0.1) is 10.2 Å². The molecule has 8 atom stereocenters. The van der Waals surface area contributed by atoms with Gasteiger partial charge in [-0.1, -0.05) is 24.5 Å². The molecule has 0 spiro atoms. The highest BCUT2D eigenvalue weighted by Gasteiger charge is 2.47. The predicted molar refractivity (Wildman–Crippen MR) is 162 cm³/mol. The van der Waals surface area contributed by atoms with E-state index in [1.165, 1.54) is 23.4 Å². The first-order chi connectivity index (χ1) is 21.6. The number of fused-ring (bicyclic) bond motifs is 5. The van der Waals surface area contributed by atoms with Crippen molar-refractivity contribution in [2.75, 3.05) is 25.6 Å². The van der Waals surface area contributed by atoms with E-state index in [1.54, 1.807) is 15.5 Å². The average molecular weight is 698 g/mol. The predicted octanol–water partition coefficient (Wildman–Crippen LogP) is 2.18. The molecule has 45 heavy (non-hydrogen) atoms. The number of imidazole rings is 2. The Hall–Kier alpha value is -2.87. The zero-order valence-corrected chi connectivity index (χ0v) is 26.5. The fourth-order valence-electron chi connectivity index (χ4n) is 6.11. The summed E-state index contributed by atoms with van der Waals surface area (Å²) in [6.07, 6.45) is 4.02. The molecule has 5 aromatic heterocycles. The second kappa shape index (κ2) is 10.9. The third-order valence-electron chi connectivity index (χ3n) is 8.42. The average Bonchev–Trinajstić information content (AvgIpc) is 3.77. The Morgan fingerprint density at radius 1 is 0.911 bits per heavy atom. The van der Waals surface area contributed by atoms with Gasteiger partial charge in [0.2, 0.25) is 5.78 Å². The second-order valence-electron chi connectivity index (χ2n) is 10.9. The van der Waals surface area contributed by atoms with Gasteiger partial charge in [-0.3, -0.25) is 18.4 Å². The van der Waals surface area contributed by atoms with E-state index in [9.17, 15) is 13.9 Å². The smallest absolute Gasteiger partial charge is 0.382 e. The molecule has 0 amide bonds. The summed E-state index contributed by atoms with van der Waals surface area (Å²) in [6.45, 7) is -8.13. The molecule has 8 rings (SSSR count). The topological polar surface area (TPSA) is 231 Å². The third kappa shape index (κ3) is 5.19. The summed E-state index contributed by atoms with van der Waals surface area (Å²) < 4.78 is 60.7. The standard InChI is InChI=1S/C22H25N11O8P2S2/c23-18-16-19(25-6-24-18)32(8-26-16)15-2-13-14(40-15)5-39-42(35,44)38-4-11-10(3-37-43(36,45)41-13)1-12(11)31-7-27-17-20(31)29-22-30-28-9-33(22)21(17)34/h6-15H,1-5H2,(H,29,30)(H,35,44)(H,36,45)(H2,23,24,25)/t10-,11-,12-,13+,14-,15-,42-,43+/m1/s1. The number of hydrogen-bond acceptors (Lipinski definition) is 15. The van der Waals surface area contributed by atoms with Crippen LogP contribution in [0.1, 0.15) is 25.1 Å². The van der Waals surface area contributed by atoms with Crippen molar-refractivity contribution >= 4 is 72.0 Å². The van der Waals surface area contributed by atoms with E-state index in [2.05, 4.69) is 59.6 Å². The number of aromatic amines is 1. The number of aromatic nitrogens is 10. The number of nitrogens with one attached hydrogen (secondary N) is 1. The lowest BCUT2D eigenvalue weighted by atomic mass is 9.70. The number of H-pyrrole nitrogens is 1. The van der Waals surface area contributed by atoms with Gasteiger partial charge < -0.3 is 29.1 Å². The molecule has 3 N–H and O–H groups in total. The lowest BCUT2D eigenvalue weighted by molar-refractivity contribution is -0.0365. The van der Waals surface area contributed by atoms with Crippen molar-refractivity contribution < 1.29 is 32.0 Å². The van der Waals surface area contributed by atoms with Crippen molar-refractivity contribution in [2.24, 2.45) is 11.8 Å². The summed E-state index contributed by atoms with van der Waals surface area (Å²) >= 11 is 8.45. The van der Waals surface area contributed by atoms with Gasteiger partial charge >= 0.3 is 13.6 Å². The minimum absolute atomic E-state index is 0.00460. The van der Waals surface area contributed by atoms with Crippen molar-refractivity contribution in [1.82, 2.24) is 48.7 Å². The number of nitrogens with two attached hydrogens (primary N) is 1.